The highest BCUT2D eigenvalue weighted by Crippen LogP contribution is 2.37. The van der Waals surface area contributed by atoms with Crippen molar-refractivity contribution in [3.8, 4) is 0 Å². The molecule has 1 aromatic rings. The van der Waals surface area contributed by atoms with Gasteiger partial charge in [0.05, 0.1) is 17.2 Å². The lowest BCUT2D eigenvalue weighted by Crippen LogP contribution is -2.21. The van der Waals surface area contributed by atoms with Gasteiger partial charge in [-0.15, -0.1) is 0 Å². The standard InChI is InChI=1S/C10H7F8N/c11-8(12)7(19)4-1-5(9(13,14)15)3-6(2-4)10(16,17)18/h1-3,7-8H,19H2/t7-/m0/s1. The summed E-state index contributed by atoms with van der Waals surface area (Å²) in [5.74, 6) is 0. The van der Waals surface area contributed by atoms with E-state index in [9.17, 15) is 35.1 Å². The van der Waals surface area contributed by atoms with E-state index in [0.717, 1.165) is 0 Å². The van der Waals surface area contributed by atoms with E-state index < -0.39 is 41.5 Å². The van der Waals surface area contributed by atoms with Crippen LogP contribution in [-0.4, -0.2) is 6.43 Å². The van der Waals surface area contributed by atoms with E-state index in [1.54, 1.807) is 0 Å². The lowest BCUT2D eigenvalue weighted by molar-refractivity contribution is -0.143. The molecule has 9 heteroatoms. The third-order valence-electron chi connectivity index (χ3n) is 2.27. The Morgan fingerprint density at radius 2 is 1.16 bits per heavy atom. The van der Waals surface area contributed by atoms with Gasteiger partial charge < -0.3 is 5.73 Å². The topological polar surface area (TPSA) is 26.0 Å². The Morgan fingerprint density at radius 1 is 0.789 bits per heavy atom. The SMILES string of the molecule is N[C@@H](c1cc(C(F)(F)F)cc(C(F)(F)F)c1)C(F)F. The van der Waals surface area contributed by atoms with Gasteiger partial charge in [0.15, 0.2) is 0 Å². The molecule has 108 valence electrons. The second-order valence-electron chi connectivity index (χ2n) is 3.70. The first-order valence-corrected chi connectivity index (χ1v) is 4.76. The molecule has 0 saturated carbocycles. The molecule has 0 heterocycles. The maximum atomic E-state index is 12.4. The first kappa shape index (κ1) is 15.7. The number of alkyl halides is 8. The van der Waals surface area contributed by atoms with E-state index >= 15 is 0 Å². The van der Waals surface area contributed by atoms with E-state index in [1.165, 1.54) is 0 Å². The zero-order valence-corrected chi connectivity index (χ0v) is 8.99. The molecule has 0 saturated heterocycles. The van der Waals surface area contributed by atoms with Crippen LogP contribution in [0.4, 0.5) is 35.1 Å². The summed E-state index contributed by atoms with van der Waals surface area (Å²) < 4.78 is 99.0. The Bertz CT molecular complexity index is 416. The number of hydrogen-bond donors (Lipinski definition) is 1. The van der Waals surface area contributed by atoms with Crippen molar-refractivity contribution in [1.82, 2.24) is 0 Å². The van der Waals surface area contributed by atoms with Crippen LogP contribution in [0.1, 0.15) is 22.7 Å². The number of halogens is 8. The largest absolute Gasteiger partial charge is 0.416 e. The predicted molar refractivity (Wildman–Crippen MR) is 49.4 cm³/mol. The zero-order chi connectivity index (χ0) is 15.0. The molecule has 0 aliphatic carbocycles. The van der Waals surface area contributed by atoms with Crippen molar-refractivity contribution in [2.24, 2.45) is 5.73 Å². The molecule has 19 heavy (non-hydrogen) atoms. The molecule has 0 aliphatic rings. The van der Waals surface area contributed by atoms with Gasteiger partial charge in [0.2, 0.25) is 0 Å². The van der Waals surface area contributed by atoms with Gasteiger partial charge in [0.25, 0.3) is 6.43 Å². The fourth-order valence-electron chi connectivity index (χ4n) is 1.32. The zero-order valence-electron chi connectivity index (χ0n) is 8.99. The summed E-state index contributed by atoms with van der Waals surface area (Å²) in [5, 5.41) is 0. The average Bonchev–Trinajstić information content (AvgIpc) is 2.24. The van der Waals surface area contributed by atoms with Crippen LogP contribution in [0.25, 0.3) is 0 Å². The lowest BCUT2D eigenvalue weighted by atomic mass is 10.0. The highest BCUT2D eigenvalue weighted by Gasteiger charge is 2.37. The molecular weight excluding hydrogens is 286 g/mol. The molecule has 1 atom stereocenters. The van der Waals surface area contributed by atoms with E-state index in [-0.39, 0.29) is 18.2 Å². The van der Waals surface area contributed by atoms with Gasteiger partial charge in [-0.05, 0) is 23.8 Å². The molecule has 0 aromatic heterocycles. The molecule has 0 radical (unpaired) electrons. The molecule has 0 spiro atoms. The minimum atomic E-state index is -5.09. The Balaban J connectivity index is 3.41. The average molecular weight is 293 g/mol. The first-order valence-electron chi connectivity index (χ1n) is 4.76. The maximum Gasteiger partial charge on any atom is 0.416 e. The van der Waals surface area contributed by atoms with E-state index in [1.807, 2.05) is 0 Å². The molecule has 1 rings (SSSR count). The quantitative estimate of drug-likeness (QED) is 0.820. The van der Waals surface area contributed by atoms with Crippen molar-refractivity contribution < 1.29 is 35.1 Å². The fourth-order valence-corrected chi connectivity index (χ4v) is 1.32. The molecule has 0 aliphatic heterocycles. The monoisotopic (exact) mass is 293 g/mol. The highest BCUT2D eigenvalue weighted by atomic mass is 19.4. The van der Waals surface area contributed by atoms with Crippen molar-refractivity contribution in [2.45, 2.75) is 24.8 Å². The van der Waals surface area contributed by atoms with Crippen molar-refractivity contribution >= 4 is 0 Å². The van der Waals surface area contributed by atoms with Gasteiger partial charge in [-0.2, -0.15) is 26.3 Å². The van der Waals surface area contributed by atoms with Gasteiger partial charge in [0, 0.05) is 0 Å². The van der Waals surface area contributed by atoms with Crippen molar-refractivity contribution in [3.05, 3.63) is 34.9 Å². The fraction of sp³-hybridized carbons (Fsp3) is 0.400. The van der Waals surface area contributed by atoms with E-state index in [0.29, 0.717) is 0 Å². The van der Waals surface area contributed by atoms with Crippen LogP contribution in [0.3, 0.4) is 0 Å². The van der Waals surface area contributed by atoms with Gasteiger partial charge in [-0.3, -0.25) is 0 Å². The molecule has 0 amide bonds. The molecule has 0 fully saturated rings. The summed E-state index contributed by atoms with van der Waals surface area (Å²) in [6.07, 6.45) is -13.4. The first-order chi connectivity index (χ1) is 8.43. The predicted octanol–water partition coefficient (Wildman–Crippen LogP) is 3.99. The molecule has 0 unspecified atom stereocenters. The molecule has 2 N–H and O–H groups in total. The summed E-state index contributed by atoms with van der Waals surface area (Å²) in [7, 11) is 0. The Hall–Kier alpha value is -1.38. The molecule has 0 bridgehead atoms. The normalized spacial score (nSPS) is 14.8. The number of hydrogen-bond acceptors (Lipinski definition) is 1. The van der Waals surface area contributed by atoms with Crippen LogP contribution in [0.5, 0.6) is 0 Å². The van der Waals surface area contributed by atoms with Crippen LogP contribution in [0.15, 0.2) is 18.2 Å². The third-order valence-corrected chi connectivity index (χ3v) is 2.27. The second-order valence-corrected chi connectivity index (χ2v) is 3.70. The van der Waals surface area contributed by atoms with Crippen LogP contribution < -0.4 is 5.73 Å². The smallest absolute Gasteiger partial charge is 0.319 e. The summed E-state index contributed by atoms with van der Waals surface area (Å²) >= 11 is 0. The molecule has 1 nitrogen and oxygen atoms in total. The van der Waals surface area contributed by atoms with Crippen LogP contribution in [-0.2, 0) is 12.4 Å². The summed E-state index contributed by atoms with van der Waals surface area (Å²) in [5.41, 5.74) is 0.613. The van der Waals surface area contributed by atoms with Gasteiger partial charge in [-0.1, -0.05) is 0 Å². The summed E-state index contributed by atoms with van der Waals surface area (Å²) in [4.78, 5) is 0. The van der Waals surface area contributed by atoms with Crippen molar-refractivity contribution in [2.75, 3.05) is 0 Å². The number of benzene rings is 1. The molecule has 1 aromatic carbocycles. The van der Waals surface area contributed by atoms with Gasteiger partial charge >= 0.3 is 12.4 Å². The lowest BCUT2D eigenvalue weighted by Gasteiger charge is -2.17. The van der Waals surface area contributed by atoms with Gasteiger partial charge in [-0.25, -0.2) is 8.78 Å². The Morgan fingerprint density at radius 3 is 1.42 bits per heavy atom. The van der Waals surface area contributed by atoms with Gasteiger partial charge in [0.1, 0.15) is 0 Å². The number of rotatable bonds is 2. The number of nitrogens with two attached hydrogens (primary N) is 1. The second kappa shape index (κ2) is 4.95. The van der Waals surface area contributed by atoms with Crippen LogP contribution in [0, 0.1) is 0 Å². The summed E-state index contributed by atoms with van der Waals surface area (Å²) in [6, 6.07) is -2.00. The van der Waals surface area contributed by atoms with E-state index in [4.69, 9.17) is 5.73 Å². The molecular formula is C10H7F8N. The van der Waals surface area contributed by atoms with Crippen molar-refractivity contribution in [1.29, 1.82) is 0 Å². The van der Waals surface area contributed by atoms with Crippen LogP contribution in [0.2, 0.25) is 0 Å². The highest BCUT2D eigenvalue weighted by molar-refractivity contribution is 5.35. The van der Waals surface area contributed by atoms with E-state index in [2.05, 4.69) is 0 Å². The third kappa shape index (κ3) is 3.79. The van der Waals surface area contributed by atoms with Crippen LogP contribution >= 0.6 is 0 Å². The van der Waals surface area contributed by atoms with Crippen molar-refractivity contribution in [3.63, 3.8) is 0 Å². The minimum absolute atomic E-state index is 0.151. The maximum absolute atomic E-state index is 12.4. The summed E-state index contributed by atoms with van der Waals surface area (Å²) in [6.45, 7) is 0. The Kier molecular flexibility index (Phi) is 4.08. The minimum Gasteiger partial charge on any atom is -0.319 e. The Labute approximate surface area is 102 Å².